The fourth-order valence-electron chi connectivity index (χ4n) is 3.09. The van der Waals surface area contributed by atoms with E-state index in [0.717, 1.165) is 31.8 Å². The average molecular weight is 340 g/mol. The number of hydrogen-bond acceptors (Lipinski definition) is 4. The van der Waals surface area contributed by atoms with Crippen LogP contribution in [0, 0.1) is 0 Å². The predicted molar refractivity (Wildman–Crippen MR) is 99.1 cm³/mol. The molecule has 25 heavy (non-hydrogen) atoms. The number of benzene rings is 1. The van der Waals surface area contributed by atoms with E-state index in [1.807, 2.05) is 30.3 Å². The molecule has 0 spiro atoms. The van der Waals surface area contributed by atoms with Crippen molar-refractivity contribution in [3.8, 4) is 5.75 Å². The smallest absolute Gasteiger partial charge is 0.194 e. The third-order valence-electron chi connectivity index (χ3n) is 4.63. The molecule has 132 valence electrons. The average Bonchev–Trinajstić information content (AvgIpc) is 2.68. The summed E-state index contributed by atoms with van der Waals surface area (Å²) in [7, 11) is 1.67. The van der Waals surface area contributed by atoms with E-state index in [1.165, 1.54) is 5.56 Å². The number of nitrogens with two attached hydrogens (primary N) is 1. The molecule has 1 aromatic carbocycles. The number of methoxy groups -OCH3 is 1. The van der Waals surface area contributed by atoms with Crippen LogP contribution in [0.15, 0.2) is 53.7 Å². The number of hydrogen-bond donors (Lipinski definition) is 2. The van der Waals surface area contributed by atoms with Gasteiger partial charge in [0.1, 0.15) is 11.6 Å². The largest absolute Gasteiger partial charge is 0.497 e. The molecular formula is C19H24N4O2. The number of nitrogens with one attached hydrogen (secondary N) is 1. The highest BCUT2D eigenvalue weighted by atomic mass is 16.5. The summed E-state index contributed by atoms with van der Waals surface area (Å²) in [6.07, 6.45) is 3.55. The Bertz CT molecular complexity index is 695. The van der Waals surface area contributed by atoms with Gasteiger partial charge in [-0.15, -0.1) is 0 Å². The fraction of sp³-hybridized carbons (Fsp3) is 0.368. The van der Waals surface area contributed by atoms with Gasteiger partial charge in [-0.3, -0.25) is 4.99 Å². The number of guanidine groups is 1. The molecule has 0 saturated carbocycles. The Balaban J connectivity index is 1.77. The van der Waals surface area contributed by atoms with Gasteiger partial charge in [-0.25, -0.2) is 4.98 Å². The van der Waals surface area contributed by atoms with Crippen molar-refractivity contribution in [3.63, 3.8) is 0 Å². The summed E-state index contributed by atoms with van der Waals surface area (Å²) < 4.78 is 10.8. The van der Waals surface area contributed by atoms with E-state index in [9.17, 15) is 0 Å². The molecule has 1 aromatic heterocycles. The first kappa shape index (κ1) is 17.2. The molecule has 6 heteroatoms. The molecular weight excluding hydrogens is 316 g/mol. The Morgan fingerprint density at radius 1 is 1.24 bits per heavy atom. The Hall–Kier alpha value is -2.60. The van der Waals surface area contributed by atoms with Crippen LogP contribution in [-0.2, 0) is 10.2 Å². The van der Waals surface area contributed by atoms with E-state index in [1.54, 1.807) is 13.3 Å². The molecule has 1 saturated heterocycles. The van der Waals surface area contributed by atoms with Gasteiger partial charge in [0.25, 0.3) is 0 Å². The summed E-state index contributed by atoms with van der Waals surface area (Å²) in [4.78, 5) is 8.79. The highest BCUT2D eigenvalue weighted by Crippen LogP contribution is 2.36. The van der Waals surface area contributed by atoms with Crippen LogP contribution in [0.2, 0.25) is 0 Å². The zero-order chi connectivity index (χ0) is 17.5. The zero-order valence-electron chi connectivity index (χ0n) is 14.4. The lowest BCUT2D eigenvalue weighted by molar-refractivity contribution is 0.0531. The molecule has 0 aliphatic carbocycles. The molecule has 2 heterocycles. The van der Waals surface area contributed by atoms with Gasteiger partial charge in [-0.1, -0.05) is 18.2 Å². The molecule has 6 nitrogen and oxygen atoms in total. The maximum atomic E-state index is 6.05. The Kier molecular flexibility index (Phi) is 5.50. The molecule has 0 radical (unpaired) electrons. The number of pyridine rings is 1. The molecule has 1 aliphatic rings. The molecule has 0 bridgehead atoms. The van der Waals surface area contributed by atoms with Gasteiger partial charge in [0.15, 0.2) is 5.96 Å². The summed E-state index contributed by atoms with van der Waals surface area (Å²) >= 11 is 0. The van der Waals surface area contributed by atoms with Crippen molar-refractivity contribution in [2.24, 2.45) is 10.7 Å². The highest BCUT2D eigenvalue weighted by molar-refractivity contribution is 5.91. The maximum absolute atomic E-state index is 6.05. The summed E-state index contributed by atoms with van der Waals surface area (Å²) in [5.41, 5.74) is 7.23. The quantitative estimate of drug-likeness (QED) is 0.646. The molecule has 0 amide bonds. The first-order valence-electron chi connectivity index (χ1n) is 8.42. The van der Waals surface area contributed by atoms with Crippen molar-refractivity contribution in [2.45, 2.75) is 18.3 Å². The van der Waals surface area contributed by atoms with Crippen LogP contribution in [0.25, 0.3) is 0 Å². The summed E-state index contributed by atoms with van der Waals surface area (Å²) in [6, 6.07) is 13.8. The zero-order valence-corrected chi connectivity index (χ0v) is 14.4. The number of aliphatic imine (C=N–C) groups is 1. The van der Waals surface area contributed by atoms with Crippen LogP contribution in [0.1, 0.15) is 18.4 Å². The van der Waals surface area contributed by atoms with Crippen molar-refractivity contribution in [1.29, 1.82) is 0 Å². The first-order chi connectivity index (χ1) is 12.2. The van der Waals surface area contributed by atoms with E-state index in [2.05, 4.69) is 27.4 Å². The molecule has 0 unspecified atom stereocenters. The highest BCUT2D eigenvalue weighted by Gasteiger charge is 2.34. The minimum atomic E-state index is -0.0685. The molecule has 0 atom stereocenters. The van der Waals surface area contributed by atoms with Crippen molar-refractivity contribution < 1.29 is 9.47 Å². The number of nitrogens with zero attached hydrogens (tertiary/aromatic N) is 2. The van der Waals surface area contributed by atoms with Gasteiger partial charge in [0.2, 0.25) is 0 Å². The lowest BCUT2D eigenvalue weighted by Gasteiger charge is -2.36. The summed E-state index contributed by atoms with van der Waals surface area (Å²) in [6.45, 7) is 2.07. The first-order valence-corrected chi connectivity index (χ1v) is 8.42. The van der Waals surface area contributed by atoms with Gasteiger partial charge >= 0.3 is 0 Å². The Morgan fingerprint density at radius 3 is 2.64 bits per heavy atom. The maximum Gasteiger partial charge on any atom is 0.194 e. The van der Waals surface area contributed by atoms with Crippen LogP contribution in [0.3, 0.4) is 0 Å². The normalized spacial score (nSPS) is 17.1. The summed E-state index contributed by atoms with van der Waals surface area (Å²) in [5.74, 6) is 1.91. The second-order valence-corrected chi connectivity index (χ2v) is 6.16. The van der Waals surface area contributed by atoms with Crippen molar-refractivity contribution >= 4 is 11.8 Å². The Morgan fingerprint density at radius 2 is 2.00 bits per heavy atom. The standard InChI is InChI=1S/C19H24N4O2/c1-24-16-7-5-15(6-8-16)19(9-12-25-13-10-19)14-22-18(20)23-17-4-2-3-11-21-17/h2-8,11H,9-10,12-14H2,1H3,(H3,20,21,22,23). The van der Waals surface area contributed by atoms with E-state index >= 15 is 0 Å². The second-order valence-electron chi connectivity index (χ2n) is 6.16. The lowest BCUT2D eigenvalue weighted by atomic mass is 9.74. The minimum Gasteiger partial charge on any atom is -0.497 e. The lowest BCUT2D eigenvalue weighted by Crippen LogP contribution is -2.38. The van der Waals surface area contributed by atoms with E-state index in [4.69, 9.17) is 15.2 Å². The molecule has 3 N–H and O–H groups in total. The number of anilines is 1. The van der Waals surface area contributed by atoms with Crippen molar-refractivity contribution in [3.05, 3.63) is 54.2 Å². The molecule has 1 aliphatic heterocycles. The molecule has 2 aromatic rings. The van der Waals surface area contributed by atoms with Gasteiger partial charge < -0.3 is 20.5 Å². The van der Waals surface area contributed by atoms with Gasteiger partial charge in [0, 0.05) is 24.8 Å². The van der Waals surface area contributed by atoms with Crippen LogP contribution in [0.5, 0.6) is 5.75 Å². The topological polar surface area (TPSA) is 81.8 Å². The van der Waals surface area contributed by atoms with Crippen LogP contribution in [0.4, 0.5) is 5.82 Å². The Labute approximate surface area is 148 Å². The second kappa shape index (κ2) is 7.98. The number of ether oxygens (including phenoxy) is 2. The molecule has 3 rings (SSSR count). The van der Waals surface area contributed by atoms with Crippen molar-refractivity contribution in [1.82, 2.24) is 4.98 Å². The monoisotopic (exact) mass is 340 g/mol. The predicted octanol–water partition coefficient (Wildman–Crippen LogP) is 2.57. The van der Waals surface area contributed by atoms with Crippen LogP contribution >= 0.6 is 0 Å². The third-order valence-corrected chi connectivity index (χ3v) is 4.63. The van der Waals surface area contributed by atoms with Crippen molar-refractivity contribution in [2.75, 3.05) is 32.2 Å². The van der Waals surface area contributed by atoms with Gasteiger partial charge in [-0.05, 0) is 42.7 Å². The third kappa shape index (κ3) is 4.28. The van der Waals surface area contributed by atoms with E-state index < -0.39 is 0 Å². The minimum absolute atomic E-state index is 0.0685. The summed E-state index contributed by atoms with van der Waals surface area (Å²) in [5, 5.41) is 3.03. The van der Waals surface area contributed by atoms with Gasteiger partial charge in [0.05, 0.1) is 13.7 Å². The number of rotatable bonds is 5. The molecule has 1 fully saturated rings. The number of aromatic nitrogens is 1. The fourth-order valence-corrected chi connectivity index (χ4v) is 3.09. The van der Waals surface area contributed by atoms with E-state index in [0.29, 0.717) is 18.3 Å². The van der Waals surface area contributed by atoms with E-state index in [-0.39, 0.29) is 5.41 Å². The van der Waals surface area contributed by atoms with Crippen LogP contribution < -0.4 is 15.8 Å². The van der Waals surface area contributed by atoms with Gasteiger partial charge in [-0.2, -0.15) is 0 Å². The van der Waals surface area contributed by atoms with Crippen LogP contribution in [-0.4, -0.2) is 37.8 Å². The SMILES string of the molecule is COc1ccc(C2(CN=C(N)Nc3ccccn3)CCOCC2)cc1.